The molecule has 7 atom stereocenters. The van der Waals surface area contributed by atoms with Gasteiger partial charge in [-0.3, -0.25) is 37.8 Å². The van der Waals surface area contributed by atoms with E-state index >= 15 is 0 Å². The van der Waals surface area contributed by atoms with Crippen LogP contribution in [-0.2, 0) is 61.8 Å². The van der Waals surface area contributed by atoms with Gasteiger partial charge in [0.25, 0.3) is 0 Å². The van der Waals surface area contributed by atoms with Gasteiger partial charge in [0.2, 0.25) is 35.4 Å². The fraction of sp³-hybridized carbons (Fsp3) is 0.643. The van der Waals surface area contributed by atoms with E-state index in [9.17, 15) is 43.3 Å². The molecule has 1 aliphatic rings. The zero-order valence-corrected chi connectivity index (χ0v) is 37.7. The average Bonchev–Trinajstić information content (AvgIpc) is 3.91. The lowest BCUT2D eigenvalue weighted by Crippen LogP contribution is -2.61. The molecule has 1 saturated heterocycles. The predicted octanol–water partition coefficient (Wildman–Crippen LogP) is 0.997. The molecule has 0 radical (unpaired) electrons. The number of benzene rings is 1. The lowest BCUT2D eigenvalue weighted by atomic mass is 10.0. The molecule has 0 saturated carbocycles. The fourth-order valence-electron chi connectivity index (χ4n) is 7.36. The largest absolute Gasteiger partial charge is 0.472 e. The topological polar surface area (TPSA) is 294 Å². The van der Waals surface area contributed by atoms with Crippen molar-refractivity contribution in [2.75, 3.05) is 26.4 Å². The van der Waals surface area contributed by atoms with Crippen LogP contribution in [0, 0.1) is 5.92 Å². The summed E-state index contributed by atoms with van der Waals surface area (Å²) >= 11 is 0. The van der Waals surface area contributed by atoms with Crippen molar-refractivity contribution in [3.8, 4) is 0 Å². The minimum Gasteiger partial charge on any atom is -0.394 e. The molecule has 2 aromatic rings. The normalized spacial score (nSPS) is 17.2. The van der Waals surface area contributed by atoms with Gasteiger partial charge in [-0.15, -0.1) is 0 Å². The summed E-state index contributed by atoms with van der Waals surface area (Å²) in [6.45, 7) is 5.05. The average molecular weight is 907 g/mol. The molecule has 0 bridgehead atoms. The van der Waals surface area contributed by atoms with Crippen molar-refractivity contribution in [2.24, 2.45) is 11.7 Å². The van der Waals surface area contributed by atoms with Gasteiger partial charge in [0.15, 0.2) is 0 Å². The highest BCUT2D eigenvalue weighted by Crippen LogP contribution is 2.44. The number of nitrogens with two attached hydrogens (primary N) is 1. The first kappa shape index (κ1) is 52.6. The van der Waals surface area contributed by atoms with E-state index in [1.165, 1.54) is 17.4 Å². The Hall–Kier alpha value is -4.72. The SMILES string of the molecule is CC(=O)N1CCC[C@H]1C(=O)N[C@@H](CC(C)C)C(=O)N[C@@H](Cc1cncn1CCCCCCCCc1ccccc1)C(=O)N[C@@H](CO)C(=O)NC(C(N)=O)[C@@H](C)OP(=O)(O)OCCO. The Labute approximate surface area is 369 Å². The maximum absolute atomic E-state index is 14.1. The number of primary amides is 1. The molecule has 2 unspecified atom stereocenters. The van der Waals surface area contributed by atoms with Crippen LogP contribution in [0.2, 0.25) is 0 Å². The quantitative estimate of drug-likeness (QED) is 0.0418. The molecule has 0 aliphatic carbocycles. The molecule has 0 spiro atoms. The Bertz CT molecular complexity index is 1830. The van der Waals surface area contributed by atoms with Gasteiger partial charge in [-0.05, 0) is 56.9 Å². The number of hydrogen-bond acceptors (Lipinski definition) is 12. The summed E-state index contributed by atoms with van der Waals surface area (Å²) in [6.07, 6.45) is 9.90. The third-order valence-corrected chi connectivity index (χ3v) is 11.7. The van der Waals surface area contributed by atoms with Crippen molar-refractivity contribution < 1.29 is 57.5 Å². The second kappa shape index (κ2) is 26.8. The highest BCUT2D eigenvalue weighted by atomic mass is 31.2. The number of aliphatic hydroxyl groups excluding tert-OH is 2. The van der Waals surface area contributed by atoms with Crippen LogP contribution in [0.1, 0.15) is 96.7 Å². The number of aryl methyl sites for hydroxylation is 2. The smallest absolute Gasteiger partial charge is 0.394 e. The number of hydrogen-bond donors (Lipinski definition) is 8. The monoisotopic (exact) mass is 906 g/mol. The molecule has 352 valence electrons. The van der Waals surface area contributed by atoms with Crippen molar-refractivity contribution in [1.29, 1.82) is 0 Å². The molecular weight excluding hydrogens is 839 g/mol. The number of nitrogens with one attached hydrogen (secondary N) is 4. The lowest BCUT2D eigenvalue weighted by molar-refractivity contribution is -0.139. The Morgan fingerprint density at radius 1 is 0.889 bits per heavy atom. The van der Waals surface area contributed by atoms with Gasteiger partial charge in [0.05, 0.1) is 32.3 Å². The number of phosphoric ester groups is 1. The van der Waals surface area contributed by atoms with E-state index in [4.69, 9.17) is 15.4 Å². The molecule has 1 aromatic heterocycles. The number of rotatable bonds is 29. The number of phosphoric acid groups is 1. The Morgan fingerprint density at radius 3 is 2.16 bits per heavy atom. The maximum Gasteiger partial charge on any atom is 0.472 e. The number of unbranched alkanes of at least 4 members (excludes halogenated alkanes) is 5. The predicted molar refractivity (Wildman–Crippen MR) is 231 cm³/mol. The lowest BCUT2D eigenvalue weighted by Gasteiger charge is -2.28. The first-order chi connectivity index (χ1) is 30.0. The van der Waals surface area contributed by atoms with Crippen molar-refractivity contribution in [3.05, 3.63) is 54.1 Å². The van der Waals surface area contributed by atoms with Crippen molar-refractivity contribution in [3.63, 3.8) is 0 Å². The number of amides is 6. The van der Waals surface area contributed by atoms with Crippen LogP contribution in [0.4, 0.5) is 0 Å². The van der Waals surface area contributed by atoms with Gasteiger partial charge in [0, 0.05) is 38.3 Å². The second-order valence-corrected chi connectivity index (χ2v) is 17.6. The highest BCUT2D eigenvalue weighted by Gasteiger charge is 2.38. The fourth-order valence-corrected chi connectivity index (χ4v) is 8.27. The van der Waals surface area contributed by atoms with Crippen LogP contribution in [-0.4, -0.2) is 128 Å². The zero-order chi connectivity index (χ0) is 46.5. The molecule has 2 heterocycles. The summed E-state index contributed by atoms with van der Waals surface area (Å²) in [6, 6.07) is 3.63. The molecule has 21 heteroatoms. The van der Waals surface area contributed by atoms with Crippen LogP contribution >= 0.6 is 7.82 Å². The summed E-state index contributed by atoms with van der Waals surface area (Å²) in [5, 5.41) is 29.3. The van der Waals surface area contributed by atoms with E-state index in [1.807, 2.05) is 36.6 Å². The number of carbonyl (C=O) groups is 6. The number of likely N-dealkylation sites (tertiary alicyclic amines) is 1. The van der Waals surface area contributed by atoms with Gasteiger partial charge >= 0.3 is 7.82 Å². The highest BCUT2D eigenvalue weighted by molar-refractivity contribution is 7.47. The molecule has 3 rings (SSSR count). The third-order valence-electron chi connectivity index (χ3n) is 10.6. The molecule has 1 aliphatic heterocycles. The van der Waals surface area contributed by atoms with E-state index in [0.717, 1.165) is 51.9 Å². The van der Waals surface area contributed by atoms with Crippen LogP contribution in [0.5, 0.6) is 0 Å². The van der Waals surface area contributed by atoms with Crippen molar-refractivity contribution >= 4 is 43.3 Å². The van der Waals surface area contributed by atoms with E-state index in [-0.39, 0.29) is 24.7 Å². The van der Waals surface area contributed by atoms with Gasteiger partial charge in [-0.2, -0.15) is 0 Å². The Kier molecular flexibility index (Phi) is 22.4. The summed E-state index contributed by atoms with van der Waals surface area (Å²) in [5.41, 5.74) is 7.35. The van der Waals surface area contributed by atoms with Gasteiger partial charge in [-0.1, -0.05) is 69.9 Å². The van der Waals surface area contributed by atoms with Crippen molar-refractivity contribution in [1.82, 2.24) is 35.7 Å². The minimum absolute atomic E-state index is 0.0841. The summed E-state index contributed by atoms with van der Waals surface area (Å²) < 4.78 is 23.6. The first-order valence-corrected chi connectivity index (χ1v) is 23.1. The van der Waals surface area contributed by atoms with E-state index in [2.05, 4.69) is 42.9 Å². The molecule has 20 nitrogen and oxygen atoms in total. The minimum atomic E-state index is -4.81. The number of aromatic nitrogens is 2. The van der Waals surface area contributed by atoms with Crippen LogP contribution in [0.3, 0.4) is 0 Å². The van der Waals surface area contributed by atoms with Crippen LogP contribution < -0.4 is 27.0 Å². The number of imidazole rings is 1. The van der Waals surface area contributed by atoms with Gasteiger partial charge < -0.3 is 51.6 Å². The third kappa shape index (κ3) is 18.1. The number of carbonyl (C=O) groups excluding carboxylic acids is 6. The molecule has 9 N–H and O–H groups in total. The van der Waals surface area contributed by atoms with Crippen molar-refractivity contribution in [2.45, 2.75) is 141 Å². The van der Waals surface area contributed by atoms with Crippen LogP contribution in [0.15, 0.2) is 42.9 Å². The van der Waals surface area contributed by atoms with Gasteiger partial charge in [-0.25, -0.2) is 9.55 Å². The molecule has 1 fully saturated rings. The Morgan fingerprint density at radius 2 is 1.52 bits per heavy atom. The summed E-state index contributed by atoms with van der Waals surface area (Å²) in [4.78, 5) is 95.2. The van der Waals surface area contributed by atoms with Crippen LogP contribution in [0.25, 0.3) is 0 Å². The molecule has 6 amide bonds. The molecule has 63 heavy (non-hydrogen) atoms. The Balaban J connectivity index is 1.77. The van der Waals surface area contributed by atoms with E-state index < -0.39 is 93.5 Å². The maximum atomic E-state index is 14.1. The first-order valence-electron chi connectivity index (χ1n) is 21.6. The second-order valence-electron chi connectivity index (χ2n) is 16.2. The molecule has 1 aromatic carbocycles. The standard InChI is InChI=1S/C42H67N8O12P/c1-28(2)23-33(46-42(58)36-18-14-20-50(36)30(4)53)39(55)45-34(24-32-25-44-27-49(32)19-13-8-6-5-7-10-15-31-16-11-9-12-17-31)40(56)47-35(26-52)41(57)48-37(38(43)54)29(3)62-63(59,60)61-22-21-51/h9,11-12,16-17,25,27-29,33-37,51-52H,5-8,10,13-15,18-24,26H2,1-4H3,(H2,43,54)(H,45,55)(H,46,58)(H,47,56)(H,48,57)(H,59,60)/t29-,33+,34+,35+,36+,37?/m1/s1. The number of aliphatic hydroxyl groups is 2. The summed E-state index contributed by atoms with van der Waals surface area (Å²) in [7, 11) is -4.81. The van der Waals surface area contributed by atoms with E-state index in [1.54, 1.807) is 12.5 Å². The zero-order valence-electron chi connectivity index (χ0n) is 36.8. The number of nitrogens with zero attached hydrogens (tertiary/aromatic N) is 3. The summed E-state index contributed by atoms with van der Waals surface area (Å²) in [5.74, 6) is -4.78. The molecular formula is C42H67N8O12P. The van der Waals surface area contributed by atoms with E-state index in [0.29, 0.717) is 31.6 Å². The van der Waals surface area contributed by atoms with Gasteiger partial charge in [0.1, 0.15) is 30.2 Å².